The van der Waals surface area contributed by atoms with Gasteiger partial charge >= 0.3 is 0 Å². The van der Waals surface area contributed by atoms with E-state index in [0.717, 1.165) is 17.7 Å². The monoisotopic (exact) mass is 292 g/mol. The van der Waals surface area contributed by atoms with E-state index in [4.69, 9.17) is 4.74 Å². The van der Waals surface area contributed by atoms with Crippen LogP contribution in [0.15, 0.2) is 24.3 Å². The lowest BCUT2D eigenvalue weighted by Gasteiger charge is -2.11. The van der Waals surface area contributed by atoms with E-state index in [-0.39, 0.29) is 24.3 Å². The molecule has 0 aliphatic rings. The Morgan fingerprint density at radius 3 is 2.71 bits per heavy atom. The van der Waals surface area contributed by atoms with Crippen molar-refractivity contribution in [3.8, 4) is 5.75 Å². The summed E-state index contributed by atoms with van der Waals surface area (Å²) in [6.07, 6.45) is 1.43. The van der Waals surface area contributed by atoms with Crippen LogP contribution < -0.4 is 15.4 Å². The fourth-order valence-electron chi connectivity index (χ4n) is 1.81. The Morgan fingerprint density at radius 1 is 1.29 bits per heavy atom. The first-order valence-corrected chi connectivity index (χ1v) is 7.24. The molecule has 1 aromatic rings. The quantitative estimate of drug-likeness (QED) is 0.716. The second kappa shape index (κ2) is 9.00. The molecule has 2 N–H and O–H groups in total. The topological polar surface area (TPSA) is 67.4 Å². The summed E-state index contributed by atoms with van der Waals surface area (Å²) in [5.74, 6) is 0.314. The van der Waals surface area contributed by atoms with Crippen LogP contribution in [0.5, 0.6) is 5.75 Å². The van der Waals surface area contributed by atoms with Gasteiger partial charge < -0.3 is 15.4 Å². The summed E-state index contributed by atoms with van der Waals surface area (Å²) < 4.78 is 5.14. The van der Waals surface area contributed by atoms with Crippen molar-refractivity contribution in [2.75, 3.05) is 13.7 Å². The Labute approximate surface area is 126 Å². The van der Waals surface area contributed by atoms with Crippen LogP contribution in [-0.4, -0.2) is 31.5 Å². The highest BCUT2D eigenvalue weighted by molar-refractivity contribution is 5.96. The van der Waals surface area contributed by atoms with Crippen molar-refractivity contribution in [1.29, 1.82) is 0 Å². The van der Waals surface area contributed by atoms with Crippen molar-refractivity contribution in [1.82, 2.24) is 10.6 Å². The summed E-state index contributed by atoms with van der Waals surface area (Å²) >= 11 is 0. The van der Waals surface area contributed by atoms with E-state index in [1.54, 1.807) is 7.11 Å². The second-order valence-corrected chi connectivity index (χ2v) is 5.01. The van der Waals surface area contributed by atoms with Crippen molar-refractivity contribution in [2.45, 2.75) is 39.2 Å². The third kappa shape index (κ3) is 6.79. The number of hydrogen-bond donors (Lipinski definition) is 2. The van der Waals surface area contributed by atoms with E-state index < -0.39 is 0 Å². The fraction of sp³-hybridized carbons (Fsp3) is 0.500. The molecule has 0 heterocycles. The minimum Gasteiger partial charge on any atom is -0.497 e. The van der Waals surface area contributed by atoms with Gasteiger partial charge in [-0.15, -0.1) is 0 Å². The molecule has 0 spiro atoms. The molecule has 0 aliphatic heterocycles. The highest BCUT2D eigenvalue weighted by atomic mass is 16.5. The molecule has 116 valence electrons. The van der Waals surface area contributed by atoms with Gasteiger partial charge in [0.05, 0.1) is 7.11 Å². The molecule has 0 radical (unpaired) electrons. The van der Waals surface area contributed by atoms with Gasteiger partial charge in [0.1, 0.15) is 12.2 Å². The lowest BCUT2D eigenvalue weighted by atomic mass is 10.1. The summed E-state index contributed by atoms with van der Waals surface area (Å²) in [5.41, 5.74) is 1.08. The van der Waals surface area contributed by atoms with E-state index >= 15 is 0 Å². The van der Waals surface area contributed by atoms with Crippen LogP contribution in [0.4, 0.5) is 0 Å². The van der Waals surface area contributed by atoms with Crippen LogP contribution in [0.25, 0.3) is 0 Å². The number of nitrogens with one attached hydrogen (secondary N) is 2. The SMILES string of the molecule is CCC(C)NC(=O)CC(=O)NCCc1cccc(OC)c1. The largest absolute Gasteiger partial charge is 0.497 e. The maximum absolute atomic E-state index is 11.6. The zero-order valence-electron chi connectivity index (χ0n) is 12.9. The average Bonchev–Trinajstić information content (AvgIpc) is 2.47. The number of rotatable bonds is 8. The highest BCUT2D eigenvalue weighted by Gasteiger charge is 2.10. The lowest BCUT2D eigenvalue weighted by molar-refractivity contribution is -0.129. The van der Waals surface area contributed by atoms with Gasteiger partial charge in [0, 0.05) is 12.6 Å². The zero-order valence-corrected chi connectivity index (χ0v) is 12.9. The number of carbonyl (C=O) groups is 2. The number of amides is 2. The Balaban J connectivity index is 2.28. The average molecular weight is 292 g/mol. The molecular weight excluding hydrogens is 268 g/mol. The predicted molar refractivity (Wildman–Crippen MR) is 82.2 cm³/mol. The minimum absolute atomic E-state index is 0.0992. The molecule has 1 rings (SSSR count). The standard InChI is InChI=1S/C16H24N2O3/c1-4-12(2)18-16(20)11-15(19)17-9-8-13-6-5-7-14(10-13)21-3/h5-7,10,12H,4,8-9,11H2,1-3H3,(H,17,19)(H,18,20). The zero-order chi connectivity index (χ0) is 15.7. The molecule has 1 atom stereocenters. The minimum atomic E-state index is -0.251. The Morgan fingerprint density at radius 2 is 2.05 bits per heavy atom. The van der Waals surface area contributed by atoms with Crippen LogP contribution in [-0.2, 0) is 16.0 Å². The predicted octanol–water partition coefficient (Wildman–Crippen LogP) is 1.66. The highest BCUT2D eigenvalue weighted by Crippen LogP contribution is 2.12. The molecule has 0 aromatic heterocycles. The van der Waals surface area contributed by atoms with Crippen molar-refractivity contribution in [3.05, 3.63) is 29.8 Å². The van der Waals surface area contributed by atoms with Gasteiger partial charge in [-0.1, -0.05) is 19.1 Å². The molecule has 5 nitrogen and oxygen atoms in total. The van der Waals surface area contributed by atoms with Gasteiger partial charge in [-0.25, -0.2) is 0 Å². The van der Waals surface area contributed by atoms with Gasteiger partial charge in [0.25, 0.3) is 0 Å². The molecular formula is C16H24N2O3. The summed E-state index contributed by atoms with van der Waals surface area (Å²) in [5, 5.41) is 5.52. The van der Waals surface area contributed by atoms with Crippen LogP contribution >= 0.6 is 0 Å². The summed E-state index contributed by atoms with van der Waals surface area (Å²) in [6.45, 7) is 4.40. The molecule has 5 heteroatoms. The summed E-state index contributed by atoms with van der Waals surface area (Å²) in [6, 6.07) is 7.80. The van der Waals surface area contributed by atoms with Crippen molar-refractivity contribution >= 4 is 11.8 Å². The molecule has 0 saturated carbocycles. The van der Waals surface area contributed by atoms with Gasteiger partial charge in [-0.2, -0.15) is 0 Å². The first-order chi connectivity index (χ1) is 10.0. The number of ether oxygens (including phenoxy) is 1. The Kier molecular flexibility index (Phi) is 7.29. The fourth-order valence-corrected chi connectivity index (χ4v) is 1.81. The van der Waals surface area contributed by atoms with Crippen LogP contribution in [0.3, 0.4) is 0 Å². The number of carbonyl (C=O) groups excluding carboxylic acids is 2. The molecule has 0 aliphatic carbocycles. The first kappa shape index (κ1) is 17.0. The molecule has 1 aromatic carbocycles. The molecule has 2 amide bonds. The van der Waals surface area contributed by atoms with Gasteiger partial charge in [-0.3, -0.25) is 9.59 Å². The Bertz CT molecular complexity index is 474. The molecule has 21 heavy (non-hydrogen) atoms. The summed E-state index contributed by atoms with van der Waals surface area (Å²) in [7, 11) is 1.62. The lowest BCUT2D eigenvalue weighted by Crippen LogP contribution is -2.36. The first-order valence-electron chi connectivity index (χ1n) is 7.24. The maximum Gasteiger partial charge on any atom is 0.229 e. The molecule has 1 unspecified atom stereocenters. The normalized spacial score (nSPS) is 11.6. The molecule has 0 bridgehead atoms. The van der Waals surface area contributed by atoms with Crippen molar-refractivity contribution in [2.24, 2.45) is 0 Å². The molecule has 0 fully saturated rings. The van der Waals surface area contributed by atoms with Crippen LogP contribution in [0.2, 0.25) is 0 Å². The van der Waals surface area contributed by atoms with E-state index in [2.05, 4.69) is 10.6 Å². The maximum atomic E-state index is 11.6. The number of methoxy groups -OCH3 is 1. The third-order valence-corrected chi connectivity index (χ3v) is 3.21. The van der Waals surface area contributed by atoms with E-state index in [1.807, 2.05) is 38.1 Å². The Hall–Kier alpha value is -2.04. The van der Waals surface area contributed by atoms with E-state index in [9.17, 15) is 9.59 Å². The number of benzene rings is 1. The van der Waals surface area contributed by atoms with Gasteiger partial charge in [-0.05, 0) is 37.5 Å². The van der Waals surface area contributed by atoms with E-state index in [1.165, 1.54) is 0 Å². The smallest absolute Gasteiger partial charge is 0.229 e. The van der Waals surface area contributed by atoms with Gasteiger partial charge in [0.15, 0.2) is 0 Å². The van der Waals surface area contributed by atoms with Crippen LogP contribution in [0.1, 0.15) is 32.3 Å². The van der Waals surface area contributed by atoms with Crippen molar-refractivity contribution < 1.29 is 14.3 Å². The molecule has 0 saturated heterocycles. The summed E-state index contributed by atoms with van der Waals surface area (Å²) in [4.78, 5) is 23.2. The van der Waals surface area contributed by atoms with Crippen molar-refractivity contribution in [3.63, 3.8) is 0 Å². The van der Waals surface area contributed by atoms with Crippen LogP contribution in [0, 0.1) is 0 Å². The number of hydrogen-bond acceptors (Lipinski definition) is 3. The van der Waals surface area contributed by atoms with E-state index in [0.29, 0.717) is 13.0 Å². The second-order valence-electron chi connectivity index (χ2n) is 5.01. The third-order valence-electron chi connectivity index (χ3n) is 3.21. The van der Waals surface area contributed by atoms with Gasteiger partial charge in [0.2, 0.25) is 11.8 Å².